The zero-order valence-electron chi connectivity index (χ0n) is 24.3. The summed E-state index contributed by atoms with van der Waals surface area (Å²) in [5, 5.41) is 8.43. The summed E-state index contributed by atoms with van der Waals surface area (Å²) in [7, 11) is 0. The van der Waals surface area contributed by atoms with Gasteiger partial charge >= 0.3 is 0 Å². The van der Waals surface area contributed by atoms with Crippen LogP contribution in [0.5, 0.6) is 0 Å². The molecule has 1 N–H and O–H groups in total. The molecule has 1 heteroatoms. The van der Waals surface area contributed by atoms with Crippen LogP contribution in [0.1, 0.15) is 156 Å². The van der Waals surface area contributed by atoms with E-state index in [-0.39, 0.29) is 7.43 Å². The molecule has 1 rings (SSSR count). The van der Waals surface area contributed by atoms with E-state index in [2.05, 4.69) is 104 Å². The van der Waals surface area contributed by atoms with Crippen LogP contribution < -0.4 is 0 Å². The van der Waals surface area contributed by atoms with E-state index in [1.54, 1.807) is 0 Å². The van der Waals surface area contributed by atoms with Crippen LogP contribution in [0.2, 0.25) is 0 Å². The fourth-order valence-electron chi connectivity index (χ4n) is 2.92. The van der Waals surface area contributed by atoms with E-state index in [9.17, 15) is 0 Å². The third kappa shape index (κ3) is 34.8. The van der Waals surface area contributed by atoms with Crippen LogP contribution >= 0.6 is 0 Å². The van der Waals surface area contributed by atoms with Gasteiger partial charge in [-0.3, -0.25) is 0 Å². The Morgan fingerprint density at radius 3 is 1.16 bits per heavy atom. The maximum atomic E-state index is 8.43. The van der Waals surface area contributed by atoms with Crippen molar-refractivity contribution in [3.05, 3.63) is 0 Å². The zero-order valence-corrected chi connectivity index (χ0v) is 24.3. The second kappa shape index (κ2) is 17.4. The van der Waals surface area contributed by atoms with Crippen LogP contribution in [0.15, 0.2) is 0 Å². The molecule has 0 heterocycles. The molecule has 0 radical (unpaired) electrons. The van der Waals surface area contributed by atoms with Crippen LogP contribution in [-0.2, 0) is 0 Å². The van der Waals surface area contributed by atoms with Gasteiger partial charge in [0.2, 0.25) is 0 Å². The Balaban J connectivity index is -0.000000155. The molecule has 194 valence electrons. The van der Waals surface area contributed by atoms with Crippen molar-refractivity contribution in [2.24, 2.45) is 33.5 Å². The average Bonchev–Trinajstić information content (AvgIpc) is 3.35. The van der Waals surface area contributed by atoms with Crippen LogP contribution in [0.25, 0.3) is 0 Å². The monoisotopic (exact) mass is 445 g/mol. The van der Waals surface area contributed by atoms with Gasteiger partial charge in [0.25, 0.3) is 0 Å². The summed E-state index contributed by atoms with van der Waals surface area (Å²) in [6.07, 6.45) is 8.94. The molecule has 1 fully saturated rings. The SMILES string of the molecule is C.CC(C)(C)C1CC1.CC(C)(C)CCCO.CCC(C)C(C)(C)C.CCCC(C)(C)C. The molecular weight excluding hydrogens is 376 g/mol. The Labute approximate surface area is 201 Å². The predicted octanol–water partition coefficient (Wildman–Crippen LogP) is 10.8. The van der Waals surface area contributed by atoms with E-state index >= 15 is 0 Å². The second-order valence-electron chi connectivity index (χ2n) is 14.0. The third-order valence-electron chi connectivity index (χ3n) is 5.98. The van der Waals surface area contributed by atoms with Gasteiger partial charge in [0.15, 0.2) is 0 Å². The molecule has 1 atom stereocenters. The van der Waals surface area contributed by atoms with E-state index in [4.69, 9.17) is 5.11 Å². The first-order valence-electron chi connectivity index (χ1n) is 12.8. The summed E-state index contributed by atoms with van der Waals surface area (Å²) in [4.78, 5) is 0. The number of aliphatic hydroxyl groups is 1. The summed E-state index contributed by atoms with van der Waals surface area (Å²) in [5.74, 6) is 1.90. The van der Waals surface area contributed by atoms with Gasteiger partial charge < -0.3 is 5.11 Å². The standard InChI is InChI=1S/C8H18.C7H16O.C7H14.C7H16.CH4/c1-6-7(2)8(3,4)5;1-7(2,3)5-4-6-8;1-7(2,3)6-4-5-6;1-5-6-7(2,3)4;/h7H,6H2,1-5H3;8H,4-6H2,1-3H3;6H,4-5H2,1-3H3;5-6H2,1-4H3;1H4. The molecular formula is C30H68O. The highest BCUT2D eigenvalue weighted by molar-refractivity contribution is 4.84. The highest BCUT2D eigenvalue weighted by atomic mass is 16.2. The first-order chi connectivity index (χ1) is 13.2. The molecule has 0 amide bonds. The smallest absolute Gasteiger partial charge is 0.0431 e. The van der Waals surface area contributed by atoms with E-state index in [1.165, 1.54) is 32.1 Å². The van der Waals surface area contributed by atoms with Crippen molar-refractivity contribution < 1.29 is 5.11 Å². The molecule has 0 aromatic rings. The lowest BCUT2D eigenvalue weighted by atomic mass is 9.81. The van der Waals surface area contributed by atoms with E-state index in [0.29, 0.717) is 28.3 Å². The van der Waals surface area contributed by atoms with Crippen molar-refractivity contribution in [3.8, 4) is 0 Å². The Morgan fingerprint density at radius 1 is 0.742 bits per heavy atom. The van der Waals surface area contributed by atoms with E-state index < -0.39 is 0 Å². The highest BCUT2D eigenvalue weighted by Crippen LogP contribution is 2.44. The van der Waals surface area contributed by atoms with Crippen LogP contribution in [-0.4, -0.2) is 11.7 Å². The second-order valence-corrected chi connectivity index (χ2v) is 14.0. The van der Waals surface area contributed by atoms with Gasteiger partial charge in [-0.25, -0.2) is 0 Å². The Hall–Kier alpha value is -0.0400. The van der Waals surface area contributed by atoms with Crippen molar-refractivity contribution in [2.45, 2.75) is 156 Å². The molecule has 1 unspecified atom stereocenters. The topological polar surface area (TPSA) is 20.2 Å². The molecule has 1 nitrogen and oxygen atoms in total. The number of hydrogen-bond donors (Lipinski definition) is 1. The minimum Gasteiger partial charge on any atom is -0.396 e. The highest BCUT2D eigenvalue weighted by Gasteiger charge is 2.33. The molecule has 1 aliphatic carbocycles. The lowest BCUT2D eigenvalue weighted by molar-refractivity contribution is 0.251. The maximum Gasteiger partial charge on any atom is 0.0431 e. The summed E-state index contributed by atoms with van der Waals surface area (Å²) in [6.45, 7) is 34.3. The molecule has 0 saturated heterocycles. The summed E-state index contributed by atoms with van der Waals surface area (Å²) >= 11 is 0. The van der Waals surface area contributed by atoms with Crippen molar-refractivity contribution in [1.29, 1.82) is 0 Å². The van der Waals surface area contributed by atoms with Gasteiger partial charge in [0.1, 0.15) is 0 Å². The molecule has 0 aromatic carbocycles. The maximum absolute atomic E-state index is 8.43. The third-order valence-corrected chi connectivity index (χ3v) is 5.98. The molecule has 0 spiro atoms. The molecule has 31 heavy (non-hydrogen) atoms. The predicted molar refractivity (Wildman–Crippen MR) is 148 cm³/mol. The van der Waals surface area contributed by atoms with E-state index in [1.807, 2.05) is 0 Å². The fourth-order valence-corrected chi connectivity index (χ4v) is 2.92. The quantitative estimate of drug-likeness (QED) is 0.457. The van der Waals surface area contributed by atoms with E-state index in [0.717, 1.165) is 24.7 Å². The van der Waals surface area contributed by atoms with Gasteiger partial charge in [0.05, 0.1) is 0 Å². The first-order valence-corrected chi connectivity index (χ1v) is 12.8. The van der Waals surface area contributed by atoms with Crippen molar-refractivity contribution in [1.82, 2.24) is 0 Å². The molecule has 1 saturated carbocycles. The number of aliphatic hydroxyl groups excluding tert-OH is 1. The number of hydrogen-bond acceptors (Lipinski definition) is 1. The van der Waals surface area contributed by atoms with Crippen LogP contribution in [0, 0.1) is 33.5 Å². The first kappa shape index (κ1) is 38.2. The minimum atomic E-state index is 0. The summed E-state index contributed by atoms with van der Waals surface area (Å²) in [5.41, 5.74) is 2.06. The lowest BCUT2D eigenvalue weighted by Crippen LogP contribution is -2.15. The van der Waals surface area contributed by atoms with Crippen LogP contribution in [0.3, 0.4) is 0 Å². The fraction of sp³-hybridized carbons (Fsp3) is 1.00. The molecule has 1 aliphatic rings. The van der Waals surface area contributed by atoms with Gasteiger partial charge in [0, 0.05) is 6.61 Å². The van der Waals surface area contributed by atoms with Gasteiger partial charge in [-0.05, 0) is 65.6 Å². The summed E-state index contributed by atoms with van der Waals surface area (Å²) in [6, 6.07) is 0. The molecule has 0 bridgehead atoms. The van der Waals surface area contributed by atoms with Crippen molar-refractivity contribution in [3.63, 3.8) is 0 Å². The van der Waals surface area contributed by atoms with Crippen molar-refractivity contribution in [2.75, 3.05) is 6.61 Å². The average molecular weight is 445 g/mol. The Kier molecular flexibility index (Phi) is 21.5. The van der Waals surface area contributed by atoms with Gasteiger partial charge in [-0.1, -0.05) is 124 Å². The van der Waals surface area contributed by atoms with Gasteiger partial charge in [-0.15, -0.1) is 0 Å². The van der Waals surface area contributed by atoms with Gasteiger partial charge in [-0.2, -0.15) is 0 Å². The normalized spacial score (nSPS) is 15.1. The Morgan fingerprint density at radius 2 is 1.13 bits per heavy atom. The minimum absolute atomic E-state index is 0. The lowest BCUT2D eigenvalue weighted by Gasteiger charge is -2.25. The van der Waals surface area contributed by atoms with Crippen LogP contribution in [0.4, 0.5) is 0 Å². The molecule has 0 aliphatic heterocycles. The largest absolute Gasteiger partial charge is 0.396 e. The van der Waals surface area contributed by atoms with Crippen molar-refractivity contribution >= 4 is 0 Å². The molecule has 0 aromatic heterocycles. The summed E-state index contributed by atoms with van der Waals surface area (Å²) < 4.78 is 0. The Bertz CT molecular complexity index is 363. The number of rotatable bonds is 4. The zero-order chi connectivity index (χ0) is 24.8.